The molecule has 0 fully saturated rings. The molecule has 0 aliphatic heterocycles. The number of ether oxygens (including phenoxy) is 1. The van der Waals surface area contributed by atoms with Crippen LogP contribution in [0.15, 0.2) is 58.4 Å². The highest BCUT2D eigenvalue weighted by molar-refractivity contribution is 7.90. The van der Waals surface area contributed by atoms with Gasteiger partial charge < -0.3 is 15.4 Å². The SMILES string of the molecule is CCOc1ccccc1CNC(=NC)NCc1ccc(S(C)(=O)=O)cc1. The lowest BCUT2D eigenvalue weighted by Gasteiger charge is -2.14. The minimum Gasteiger partial charge on any atom is -0.494 e. The molecule has 140 valence electrons. The van der Waals surface area contributed by atoms with Crippen LogP contribution in [-0.4, -0.2) is 34.3 Å². The van der Waals surface area contributed by atoms with Crippen LogP contribution in [0, 0.1) is 0 Å². The smallest absolute Gasteiger partial charge is 0.191 e. The number of hydrogen-bond acceptors (Lipinski definition) is 4. The average molecular weight is 375 g/mol. The van der Waals surface area contributed by atoms with Crippen molar-refractivity contribution in [2.75, 3.05) is 19.9 Å². The molecule has 0 aliphatic rings. The van der Waals surface area contributed by atoms with Crippen molar-refractivity contribution < 1.29 is 13.2 Å². The van der Waals surface area contributed by atoms with Crippen molar-refractivity contribution in [1.82, 2.24) is 10.6 Å². The van der Waals surface area contributed by atoms with Gasteiger partial charge in [-0.2, -0.15) is 0 Å². The minimum absolute atomic E-state index is 0.316. The highest BCUT2D eigenvalue weighted by Crippen LogP contribution is 2.17. The van der Waals surface area contributed by atoms with Crippen LogP contribution in [0.5, 0.6) is 5.75 Å². The van der Waals surface area contributed by atoms with Crippen LogP contribution >= 0.6 is 0 Å². The molecule has 0 saturated carbocycles. The van der Waals surface area contributed by atoms with E-state index >= 15 is 0 Å². The summed E-state index contributed by atoms with van der Waals surface area (Å²) >= 11 is 0. The van der Waals surface area contributed by atoms with Gasteiger partial charge in [-0.1, -0.05) is 30.3 Å². The van der Waals surface area contributed by atoms with E-state index in [1.165, 1.54) is 6.26 Å². The number of nitrogens with one attached hydrogen (secondary N) is 2. The predicted octanol–water partition coefficient (Wildman–Crippen LogP) is 2.35. The van der Waals surface area contributed by atoms with Gasteiger partial charge in [0, 0.05) is 32.0 Å². The standard InChI is InChI=1S/C19H25N3O3S/c1-4-25-18-8-6-5-7-16(18)14-22-19(20-2)21-13-15-9-11-17(12-10-15)26(3,23)24/h5-12H,4,13-14H2,1-3H3,(H2,20,21,22). The Balaban J connectivity index is 1.92. The maximum Gasteiger partial charge on any atom is 0.191 e. The number of sulfone groups is 1. The molecule has 0 heterocycles. The second-order valence-electron chi connectivity index (χ2n) is 5.74. The first-order valence-electron chi connectivity index (χ1n) is 8.38. The molecule has 26 heavy (non-hydrogen) atoms. The Bertz CT molecular complexity index is 847. The maximum atomic E-state index is 11.5. The topological polar surface area (TPSA) is 79.8 Å². The fourth-order valence-corrected chi connectivity index (χ4v) is 3.02. The second-order valence-corrected chi connectivity index (χ2v) is 7.75. The first-order valence-corrected chi connectivity index (χ1v) is 10.3. The van der Waals surface area contributed by atoms with Crippen molar-refractivity contribution in [1.29, 1.82) is 0 Å². The average Bonchev–Trinajstić information content (AvgIpc) is 2.63. The summed E-state index contributed by atoms with van der Waals surface area (Å²) in [4.78, 5) is 4.52. The van der Waals surface area contributed by atoms with Gasteiger partial charge in [0.15, 0.2) is 15.8 Å². The Morgan fingerprint density at radius 3 is 2.31 bits per heavy atom. The van der Waals surface area contributed by atoms with Crippen LogP contribution in [0.3, 0.4) is 0 Å². The normalized spacial score (nSPS) is 11.9. The number of para-hydroxylation sites is 1. The second kappa shape index (κ2) is 9.24. The lowest BCUT2D eigenvalue weighted by molar-refractivity contribution is 0.336. The predicted molar refractivity (Wildman–Crippen MR) is 104 cm³/mol. The van der Waals surface area contributed by atoms with E-state index < -0.39 is 9.84 Å². The third-order valence-electron chi connectivity index (χ3n) is 3.75. The molecule has 2 N–H and O–H groups in total. The summed E-state index contributed by atoms with van der Waals surface area (Å²) in [7, 11) is -1.47. The summed E-state index contributed by atoms with van der Waals surface area (Å²) in [5, 5.41) is 6.47. The van der Waals surface area contributed by atoms with Gasteiger partial charge in [-0.15, -0.1) is 0 Å². The molecule has 2 aromatic carbocycles. The van der Waals surface area contributed by atoms with Crippen molar-refractivity contribution >= 4 is 15.8 Å². The van der Waals surface area contributed by atoms with E-state index in [2.05, 4.69) is 15.6 Å². The highest BCUT2D eigenvalue weighted by atomic mass is 32.2. The molecule has 0 spiro atoms. The Morgan fingerprint density at radius 1 is 1.04 bits per heavy atom. The molecule has 2 rings (SSSR count). The van der Waals surface area contributed by atoms with Crippen molar-refractivity contribution in [3.8, 4) is 5.75 Å². The van der Waals surface area contributed by atoms with Crippen LogP contribution < -0.4 is 15.4 Å². The van der Waals surface area contributed by atoms with E-state index in [1.807, 2.05) is 31.2 Å². The summed E-state index contributed by atoms with van der Waals surface area (Å²) in [5.41, 5.74) is 2.02. The van der Waals surface area contributed by atoms with Gasteiger partial charge in [0.05, 0.1) is 11.5 Å². The fraction of sp³-hybridized carbons (Fsp3) is 0.316. The molecular weight excluding hydrogens is 350 g/mol. The lowest BCUT2D eigenvalue weighted by Crippen LogP contribution is -2.36. The zero-order valence-electron chi connectivity index (χ0n) is 15.3. The van der Waals surface area contributed by atoms with Gasteiger partial charge in [-0.25, -0.2) is 8.42 Å². The molecule has 0 amide bonds. The molecule has 7 heteroatoms. The molecule has 0 radical (unpaired) electrons. The largest absolute Gasteiger partial charge is 0.494 e. The van der Waals surface area contributed by atoms with Gasteiger partial charge >= 0.3 is 0 Å². The third kappa shape index (κ3) is 5.77. The molecule has 6 nitrogen and oxygen atoms in total. The summed E-state index contributed by atoms with van der Waals surface area (Å²) < 4.78 is 28.6. The Morgan fingerprint density at radius 2 is 1.69 bits per heavy atom. The summed E-state index contributed by atoms with van der Waals surface area (Å²) in [6.07, 6.45) is 1.20. The molecule has 0 unspecified atom stereocenters. The van der Waals surface area contributed by atoms with E-state index in [9.17, 15) is 8.42 Å². The number of nitrogens with zero attached hydrogens (tertiary/aromatic N) is 1. The third-order valence-corrected chi connectivity index (χ3v) is 4.88. The molecule has 0 bridgehead atoms. The lowest BCUT2D eigenvalue weighted by atomic mass is 10.2. The van der Waals surface area contributed by atoms with Gasteiger partial charge in [0.25, 0.3) is 0 Å². The summed E-state index contributed by atoms with van der Waals surface area (Å²) in [5.74, 6) is 1.51. The molecule has 0 saturated heterocycles. The molecule has 2 aromatic rings. The van der Waals surface area contributed by atoms with E-state index in [0.29, 0.717) is 30.6 Å². The van der Waals surface area contributed by atoms with E-state index in [-0.39, 0.29) is 0 Å². The van der Waals surface area contributed by atoms with Crippen LogP contribution in [-0.2, 0) is 22.9 Å². The molecule has 0 atom stereocenters. The monoisotopic (exact) mass is 375 g/mol. The number of benzene rings is 2. The Hall–Kier alpha value is -2.54. The minimum atomic E-state index is -3.17. The number of guanidine groups is 1. The Kier molecular flexibility index (Phi) is 7.03. The van der Waals surface area contributed by atoms with Crippen LogP contribution in [0.2, 0.25) is 0 Å². The number of rotatable bonds is 7. The van der Waals surface area contributed by atoms with Crippen molar-refractivity contribution in [3.63, 3.8) is 0 Å². The van der Waals surface area contributed by atoms with E-state index in [1.54, 1.807) is 31.3 Å². The number of aliphatic imine (C=N–C) groups is 1. The fourth-order valence-electron chi connectivity index (χ4n) is 2.39. The maximum absolute atomic E-state index is 11.5. The van der Waals surface area contributed by atoms with Crippen molar-refractivity contribution in [2.45, 2.75) is 24.9 Å². The first-order chi connectivity index (χ1) is 12.4. The molecular formula is C19H25N3O3S. The number of hydrogen-bond donors (Lipinski definition) is 2. The van der Waals surface area contributed by atoms with Gasteiger partial charge in [0.2, 0.25) is 0 Å². The Labute approximate surface area is 155 Å². The summed E-state index contributed by atoms with van der Waals surface area (Å²) in [6, 6.07) is 14.7. The zero-order chi connectivity index (χ0) is 19.0. The van der Waals surface area contributed by atoms with E-state index in [4.69, 9.17) is 4.74 Å². The molecule has 0 aromatic heterocycles. The van der Waals surface area contributed by atoms with Gasteiger partial charge in [-0.05, 0) is 30.7 Å². The van der Waals surface area contributed by atoms with E-state index in [0.717, 1.165) is 16.9 Å². The highest BCUT2D eigenvalue weighted by Gasteiger charge is 2.07. The van der Waals surface area contributed by atoms with Crippen LogP contribution in [0.1, 0.15) is 18.1 Å². The van der Waals surface area contributed by atoms with Crippen molar-refractivity contribution in [3.05, 3.63) is 59.7 Å². The zero-order valence-corrected chi connectivity index (χ0v) is 16.1. The van der Waals surface area contributed by atoms with Crippen molar-refractivity contribution in [2.24, 2.45) is 4.99 Å². The van der Waals surface area contributed by atoms with Gasteiger partial charge in [-0.3, -0.25) is 4.99 Å². The summed E-state index contributed by atoms with van der Waals surface area (Å²) in [6.45, 7) is 3.70. The quantitative estimate of drug-likeness (QED) is 0.574. The van der Waals surface area contributed by atoms with Crippen LogP contribution in [0.25, 0.3) is 0 Å². The van der Waals surface area contributed by atoms with Crippen LogP contribution in [0.4, 0.5) is 0 Å². The van der Waals surface area contributed by atoms with Gasteiger partial charge in [0.1, 0.15) is 5.75 Å². The molecule has 0 aliphatic carbocycles. The first kappa shape index (κ1) is 19.8.